The molecule has 154 valence electrons. The van der Waals surface area contributed by atoms with Crippen LogP contribution in [0.2, 0.25) is 0 Å². The van der Waals surface area contributed by atoms with Gasteiger partial charge in [-0.05, 0) is 49.9 Å². The van der Waals surface area contributed by atoms with E-state index in [9.17, 15) is 18.0 Å². The third-order valence-corrected chi connectivity index (χ3v) is 5.09. The Hall–Kier alpha value is -3.29. The van der Waals surface area contributed by atoms with Gasteiger partial charge in [-0.25, -0.2) is 4.98 Å². The lowest BCUT2D eigenvalue weighted by Crippen LogP contribution is -2.32. The summed E-state index contributed by atoms with van der Waals surface area (Å²) < 4.78 is 39.2. The summed E-state index contributed by atoms with van der Waals surface area (Å²) in [5, 5.41) is 2.94. The van der Waals surface area contributed by atoms with E-state index in [1.165, 1.54) is 18.5 Å². The standard InChI is InChI=1S/C22H19F3N4O/c1-13-11-27-19(12-26-13)21(30)29-18-7-3-4-14-8-9-17(28-20(14)18)15-5-2-6-16(10-15)22(23,24)25/h2,5-6,8-12,18H,3-4,7H2,1H3,(H,29,30). The normalized spacial score (nSPS) is 16.1. The lowest BCUT2D eigenvalue weighted by atomic mass is 9.91. The third kappa shape index (κ3) is 4.17. The van der Waals surface area contributed by atoms with Crippen LogP contribution < -0.4 is 5.32 Å². The zero-order valence-corrected chi connectivity index (χ0v) is 16.2. The maximum absolute atomic E-state index is 13.1. The fourth-order valence-electron chi connectivity index (χ4n) is 3.55. The predicted molar refractivity (Wildman–Crippen MR) is 105 cm³/mol. The highest BCUT2D eigenvalue weighted by Gasteiger charge is 2.31. The second-order valence-electron chi connectivity index (χ2n) is 7.28. The Bertz CT molecular complexity index is 1080. The van der Waals surface area contributed by atoms with Gasteiger partial charge < -0.3 is 5.32 Å². The smallest absolute Gasteiger partial charge is 0.342 e. The van der Waals surface area contributed by atoms with Crippen molar-refractivity contribution in [2.24, 2.45) is 0 Å². The van der Waals surface area contributed by atoms with Crippen LogP contribution in [-0.2, 0) is 12.6 Å². The molecule has 5 nitrogen and oxygen atoms in total. The number of aromatic nitrogens is 3. The number of fused-ring (bicyclic) bond motifs is 1. The summed E-state index contributed by atoms with van der Waals surface area (Å²) in [4.78, 5) is 25.4. The van der Waals surface area contributed by atoms with Crippen molar-refractivity contribution in [2.75, 3.05) is 0 Å². The first kappa shape index (κ1) is 20.0. The minimum Gasteiger partial charge on any atom is -0.342 e. The van der Waals surface area contributed by atoms with Crippen LogP contribution in [0.3, 0.4) is 0 Å². The molecular weight excluding hydrogens is 393 g/mol. The molecule has 8 heteroatoms. The van der Waals surface area contributed by atoms with E-state index < -0.39 is 11.7 Å². The summed E-state index contributed by atoms with van der Waals surface area (Å²) in [6, 6.07) is 8.36. The average molecular weight is 412 g/mol. The highest BCUT2D eigenvalue weighted by molar-refractivity contribution is 5.92. The molecule has 0 spiro atoms. The summed E-state index contributed by atoms with van der Waals surface area (Å²) in [6.45, 7) is 1.78. The van der Waals surface area contributed by atoms with E-state index in [-0.39, 0.29) is 17.6 Å². The van der Waals surface area contributed by atoms with Gasteiger partial charge in [-0.1, -0.05) is 18.2 Å². The molecule has 1 amide bonds. The van der Waals surface area contributed by atoms with E-state index in [4.69, 9.17) is 0 Å². The number of pyridine rings is 1. The van der Waals surface area contributed by atoms with Gasteiger partial charge in [0.05, 0.1) is 34.9 Å². The first-order chi connectivity index (χ1) is 14.3. The largest absolute Gasteiger partial charge is 0.416 e. The molecule has 2 heterocycles. The number of benzene rings is 1. The molecule has 0 saturated carbocycles. The first-order valence-corrected chi connectivity index (χ1v) is 9.58. The van der Waals surface area contributed by atoms with Crippen LogP contribution in [0.15, 0.2) is 48.8 Å². The number of hydrogen-bond donors (Lipinski definition) is 1. The molecule has 1 aliphatic rings. The number of hydrogen-bond acceptors (Lipinski definition) is 4. The molecule has 0 saturated heterocycles. The molecule has 1 aliphatic carbocycles. The van der Waals surface area contributed by atoms with E-state index in [1.54, 1.807) is 19.1 Å². The van der Waals surface area contributed by atoms with Crippen molar-refractivity contribution < 1.29 is 18.0 Å². The summed E-state index contributed by atoms with van der Waals surface area (Å²) in [6.07, 6.45) is 0.894. The Morgan fingerprint density at radius 1 is 1.13 bits per heavy atom. The molecule has 30 heavy (non-hydrogen) atoms. The third-order valence-electron chi connectivity index (χ3n) is 5.09. The molecule has 1 aromatic carbocycles. The van der Waals surface area contributed by atoms with Crippen LogP contribution in [0, 0.1) is 6.92 Å². The molecular formula is C22H19F3N4O. The van der Waals surface area contributed by atoms with Crippen LogP contribution in [0.25, 0.3) is 11.3 Å². The monoisotopic (exact) mass is 412 g/mol. The van der Waals surface area contributed by atoms with Crippen molar-refractivity contribution in [3.05, 3.63) is 77.0 Å². The van der Waals surface area contributed by atoms with E-state index >= 15 is 0 Å². The number of alkyl halides is 3. The van der Waals surface area contributed by atoms with Crippen molar-refractivity contribution in [1.29, 1.82) is 0 Å². The van der Waals surface area contributed by atoms with Gasteiger partial charge >= 0.3 is 6.18 Å². The molecule has 1 unspecified atom stereocenters. The Labute approximate surface area is 171 Å². The van der Waals surface area contributed by atoms with E-state index in [0.717, 1.165) is 30.5 Å². The zero-order chi connectivity index (χ0) is 21.3. The predicted octanol–water partition coefficient (Wildman–Crippen LogP) is 4.67. The highest BCUT2D eigenvalue weighted by Crippen LogP contribution is 2.34. The lowest BCUT2D eigenvalue weighted by molar-refractivity contribution is -0.137. The summed E-state index contributed by atoms with van der Waals surface area (Å²) in [7, 11) is 0. The summed E-state index contributed by atoms with van der Waals surface area (Å²) in [5.41, 5.74) is 2.69. The van der Waals surface area contributed by atoms with Crippen molar-refractivity contribution in [1.82, 2.24) is 20.3 Å². The number of carbonyl (C=O) groups is 1. The van der Waals surface area contributed by atoms with Gasteiger partial charge in [0.1, 0.15) is 5.69 Å². The van der Waals surface area contributed by atoms with Gasteiger partial charge in [0.2, 0.25) is 0 Å². The number of nitrogens with zero attached hydrogens (tertiary/aromatic N) is 3. The number of carbonyl (C=O) groups excluding carboxylic acids is 1. The Balaban J connectivity index is 1.63. The molecule has 2 aromatic heterocycles. The van der Waals surface area contributed by atoms with E-state index in [1.807, 2.05) is 6.07 Å². The summed E-state index contributed by atoms with van der Waals surface area (Å²) in [5.74, 6) is -0.355. The van der Waals surface area contributed by atoms with Crippen LogP contribution >= 0.6 is 0 Å². The van der Waals surface area contributed by atoms with E-state index in [2.05, 4.69) is 20.3 Å². The maximum Gasteiger partial charge on any atom is 0.416 e. The Morgan fingerprint density at radius 3 is 2.70 bits per heavy atom. The molecule has 1 N–H and O–H groups in total. The fraction of sp³-hybridized carbons (Fsp3) is 0.273. The fourth-order valence-corrected chi connectivity index (χ4v) is 3.55. The zero-order valence-electron chi connectivity index (χ0n) is 16.2. The van der Waals surface area contributed by atoms with Crippen molar-refractivity contribution >= 4 is 5.91 Å². The first-order valence-electron chi connectivity index (χ1n) is 9.58. The Kier molecular flexibility index (Phi) is 5.24. The van der Waals surface area contributed by atoms with E-state index in [0.29, 0.717) is 29.1 Å². The van der Waals surface area contributed by atoms with Crippen molar-refractivity contribution in [2.45, 2.75) is 38.4 Å². The molecule has 0 fully saturated rings. The minimum atomic E-state index is -4.42. The van der Waals surface area contributed by atoms with Crippen molar-refractivity contribution in [3.8, 4) is 11.3 Å². The number of rotatable bonds is 3. The molecule has 1 atom stereocenters. The van der Waals surface area contributed by atoms with Gasteiger partial charge in [-0.2, -0.15) is 13.2 Å². The van der Waals surface area contributed by atoms with Crippen LogP contribution in [-0.4, -0.2) is 20.9 Å². The maximum atomic E-state index is 13.1. The lowest BCUT2D eigenvalue weighted by Gasteiger charge is -2.26. The van der Waals surface area contributed by atoms with Gasteiger partial charge in [-0.15, -0.1) is 0 Å². The van der Waals surface area contributed by atoms with Crippen LogP contribution in [0.4, 0.5) is 13.2 Å². The molecule has 3 aromatic rings. The molecule has 0 aliphatic heterocycles. The number of nitrogens with one attached hydrogen (secondary N) is 1. The van der Waals surface area contributed by atoms with Gasteiger partial charge in [0.25, 0.3) is 5.91 Å². The second-order valence-corrected chi connectivity index (χ2v) is 7.28. The van der Waals surface area contributed by atoms with Crippen LogP contribution in [0.1, 0.15) is 51.9 Å². The highest BCUT2D eigenvalue weighted by atomic mass is 19.4. The number of aryl methyl sites for hydroxylation is 2. The average Bonchev–Trinajstić information content (AvgIpc) is 2.73. The topological polar surface area (TPSA) is 67.8 Å². The SMILES string of the molecule is Cc1cnc(C(=O)NC2CCCc3ccc(-c4cccc(C(F)(F)F)c4)nc32)cn1. The van der Waals surface area contributed by atoms with Gasteiger partial charge in [-0.3, -0.25) is 14.8 Å². The molecule has 4 rings (SSSR count). The quantitative estimate of drug-likeness (QED) is 0.679. The van der Waals surface area contributed by atoms with Gasteiger partial charge in [0.15, 0.2) is 0 Å². The number of amides is 1. The molecule has 0 radical (unpaired) electrons. The number of halogens is 3. The summed E-state index contributed by atoms with van der Waals surface area (Å²) >= 11 is 0. The van der Waals surface area contributed by atoms with Crippen molar-refractivity contribution in [3.63, 3.8) is 0 Å². The second kappa shape index (κ2) is 7.85. The Morgan fingerprint density at radius 2 is 1.97 bits per heavy atom. The molecule has 0 bridgehead atoms. The minimum absolute atomic E-state index is 0.210. The van der Waals surface area contributed by atoms with Crippen LogP contribution in [0.5, 0.6) is 0 Å². The van der Waals surface area contributed by atoms with Gasteiger partial charge in [0, 0.05) is 11.8 Å².